The van der Waals surface area contributed by atoms with Gasteiger partial charge >= 0.3 is 29.6 Å². The number of hydrogen-bond acceptors (Lipinski definition) is 4. The molecule has 0 aliphatic heterocycles. The first-order chi connectivity index (χ1) is 3.95. The van der Waals surface area contributed by atoms with E-state index in [0.717, 1.165) is 0 Å². The summed E-state index contributed by atoms with van der Waals surface area (Å²) >= 11 is 2.81. The number of halogens is 1. The number of aliphatic hydroxyl groups is 1. The Labute approximate surface area is 90.2 Å². The van der Waals surface area contributed by atoms with Gasteiger partial charge in [0.1, 0.15) is 0 Å². The van der Waals surface area contributed by atoms with E-state index in [0.29, 0.717) is 0 Å². The predicted octanol–water partition coefficient (Wildman–Crippen LogP) is -3.71. The standard InChI is InChI=1S/C3H7BrO4S.Na/c4-1-3(5)2-9(6,7)8;/h3,5H,1-2H2,(H,6,7,8);/q;+1/p-1. The van der Waals surface area contributed by atoms with Gasteiger partial charge in [-0.25, -0.2) is 8.42 Å². The fourth-order valence-corrected chi connectivity index (χ4v) is 1.40. The second kappa shape index (κ2) is 5.93. The minimum absolute atomic E-state index is 0. The third kappa shape index (κ3) is 9.35. The number of rotatable bonds is 3. The number of hydrogen-bond donors (Lipinski definition) is 1. The van der Waals surface area contributed by atoms with Crippen LogP contribution in [0.1, 0.15) is 0 Å². The van der Waals surface area contributed by atoms with Crippen molar-refractivity contribution in [1.29, 1.82) is 0 Å². The van der Waals surface area contributed by atoms with Crippen molar-refractivity contribution in [3.63, 3.8) is 0 Å². The molecule has 1 unspecified atom stereocenters. The van der Waals surface area contributed by atoms with Crippen LogP contribution in [0.15, 0.2) is 0 Å². The first-order valence-corrected chi connectivity index (χ1v) is 4.83. The van der Waals surface area contributed by atoms with Crippen molar-refractivity contribution in [2.24, 2.45) is 0 Å². The van der Waals surface area contributed by atoms with E-state index in [4.69, 9.17) is 5.11 Å². The summed E-state index contributed by atoms with van der Waals surface area (Å²) in [6, 6.07) is 0. The van der Waals surface area contributed by atoms with E-state index in [2.05, 4.69) is 15.9 Å². The molecule has 0 aliphatic rings. The zero-order chi connectivity index (χ0) is 7.49. The summed E-state index contributed by atoms with van der Waals surface area (Å²) < 4.78 is 29.6. The van der Waals surface area contributed by atoms with Gasteiger partial charge in [0.25, 0.3) is 0 Å². The Morgan fingerprint density at radius 2 is 2.00 bits per heavy atom. The third-order valence-corrected chi connectivity index (χ3v) is 2.12. The Kier molecular flexibility index (Phi) is 8.25. The van der Waals surface area contributed by atoms with Crippen LogP contribution in [0, 0.1) is 0 Å². The summed E-state index contributed by atoms with van der Waals surface area (Å²) in [6.07, 6.45) is -1.09. The van der Waals surface area contributed by atoms with Crippen LogP contribution in [0.2, 0.25) is 0 Å². The van der Waals surface area contributed by atoms with Gasteiger partial charge in [-0.15, -0.1) is 0 Å². The van der Waals surface area contributed by atoms with Crippen LogP contribution in [0.3, 0.4) is 0 Å². The average Bonchev–Trinajstić information content (AvgIpc) is 1.62. The molecule has 0 aliphatic carbocycles. The maximum Gasteiger partial charge on any atom is 1.00 e. The molecule has 7 heteroatoms. The van der Waals surface area contributed by atoms with E-state index in [1.54, 1.807) is 0 Å². The molecule has 0 spiro atoms. The van der Waals surface area contributed by atoms with Gasteiger partial charge in [-0.1, -0.05) is 15.9 Å². The molecule has 0 bridgehead atoms. The smallest absolute Gasteiger partial charge is 0.748 e. The largest absolute Gasteiger partial charge is 1.00 e. The molecule has 0 amide bonds. The van der Waals surface area contributed by atoms with Gasteiger partial charge in [0.2, 0.25) is 0 Å². The molecule has 0 radical (unpaired) electrons. The van der Waals surface area contributed by atoms with E-state index in [1.807, 2.05) is 0 Å². The van der Waals surface area contributed by atoms with E-state index >= 15 is 0 Å². The van der Waals surface area contributed by atoms with Crippen LogP contribution >= 0.6 is 15.9 Å². The van der Waals surface area contributed by atoms with Gasteiger partial charge in [-0.3, -0.25) is 0 Å². The molecular formula is C3H6BrNaO4S. The molecule has 56 valence electrons. The Hall–Kier alpha value is 1.35. The molecule has 10 heavy (non-hydrogen) atoms. The predicted molar refractivity (Wildman–Crippen MR) is 34.4 cm³/mol. The zero-order valence-electron chi connectivity index (χ0n) is 5.45. The molecule has 0 heterocycles. The first kappa shape index (κ1) is 13.9. The average molecular weight is 241 g/mol. The summed E-state index contributed by atoms with van der Waals surface area (Å²) in [5.41, 5.74) is 0. The molecule has 0 saturated carbocycles. The van der Waals surface area contributed by atoms with Crippen molar-refractivity contribution in [3.8, 4) is 0 Å². The Balaban J connectivity index is 0. The molecule has 0 aromatic carbocycles. The molecular weight excluding hydrogens is 235 g/mol. The van der Waals surface area contributed by atoms with Gasteiger partial charge in [0.15, 0.2) is 0 Å². The van der Waals surface area contributed by atoms with Crippen LogP contribution in [0.4, 0.5) is 0 Å². The monoisotopic (exact) mass is 240 g/mol. The second-order valence-corrected chi connectivity index (χ2v) is 3.63. The second-order valence-electron chi connectivity index (χ2n) is 1.53. The van der Waals surface area contributed by atoms with Crippen LogP contribution in [-0.4, -0.2) is 35.3 Å². The molecule has 0 saturated heterocycles. The Morgan fingerprint density at radius 1 is 1.60 bits per heavy atom. The quantitative estimate of drug-likeness (QED) is 0.313. The summed E-state index contributed by atoms with van der Waals surface area (Å²) in [5, 5.41) is 8.67. The summed E-state index contributed by atoms with van der Waals surface area (Å²) in [7, 11) is -4.27. The topological polar surface area (TPSA) is 77.4 Å². The Bertz CT molecular complexity index is 167. The molecule has 0 fully saturated rings. The van der Waals surface area contributed by atoms with E-state index in [1.165, 1.54) is 0 Å². The molecule has 1 N–H and O–H groups in total. The van der Waals surface area contributed by atoms with Crippen molar-refractivity contribution in [3.05, 3.63) is 0 Å². The first-order valence-electron chi connectivity index (χ1n) is 2.13. The van der Waals surface area contributed by atoms with E-state index < -0.39 is 22.0 Å². The van der Waals surface area contributed by atoms with Crippen molar-refractivity contribution in [2.45, 2.75) is 6.10 Å². The summed E-state index contributed by atoms with van der Waals surface area (Å²) in [6.45, 7) is 0. The molecule has 0 aromatic rings. The third-order valence-electron chi connectivity index (χ3n) is 0.575. The zero-order valence-corrected chi connectivity index (χ0v) is 9.85. The Morgan fingerprint density at radius 3 is 2.10 bits per heavy atom. The van der Waals surface area contributed by atoms with Gasteiger partial charge in [0.05, 0.1) is 22.0 Å². The van der Waals surface area contributed by atoms with Gasteiger partial charge in [0, 0.05) is 5.33 Å². The molecule has 1 atom stereocenters. The minimum Gasteiger partial charge on any atom is -0.748 e. The molecule has 0 aromatic heterocycles. The van der Waals surface area contributed by atoms with Crippen LogP contribution in [-0.2, 0) is 10.1 Å². The van der Waals surface area contributed by atoms with E-state index in [-0.39, 0.29) is 34.9 Å². The number of aliphatic hydroxyl groups excluding tert-OH is 1. The number of alkyl halides is 1. The van der Waals surface area contributed by atoms with Crippen LogP contribution < -0.4 is 29.6 Å². The normalized spacial score (nSPS) is 13.9. The fourth-order valence-electron chi connectivity index (χ4n) is 0.280. The van der Waals surface area contributed by atoms with E-state index in [9.17, 15) is 13.0 Å². The SMILES string of the molecule is O=S(=O)([O-])CC(O)CBr.[Na+]. The van der Waals surface area contributed by atoms with Crippen molar-refractivity contribution in [1.82, 2.24) is 0 Å². The molecule has 4 nitrogen and oxygen atoms in total. The van der Waals surface area contributed by atoms with Gasteiger partial charge in [-0.2, -0.15) is 0 Å². The summed E-state index contributed by atoms with van der Waals surface area (Å²) in [5.74, 6) is -0.724. The minimum atomic E-state index is -4.27. The van der Waals surface area contributed by atoms with Gasteiger partial charge < -0.3 is 9.66 Å². The van der Waals surface area contributed by atoms with Crippen molar-refractivity contribution >= 4 is 26.0 Å². The maximum absolute atomic E-state index is 9.86. The summed E-state index contributed by atoms with van der Waals surface area (Å²) in [4.78, 5) is 0. The van der Waals surface area contributed by atoms with Crippen LogP contribution in [0.25, 0.3) is 0 Å². The fraction of sp³-hybridized carbons (Fsp3) is 1.00. The van der Waals surface area contributed by atoms with Gasteiger partial charge in [-0.05, 0) is 0 Å². The maximum atomic E-state index is 9.86. The van der Waals surface area contributed by atoms with Crippen molar-refractivity contribution < 1.29 is 47.6 Å². The van der Waals surface area contributed by atoms with Crippen molar-refractivity contribution in [2.75, 3.05) is 11.1 Å². The molecule has 0 rings (SSSR count). The van der Waals surface area contributed by atoms with Crippen LogP contribution in [0.5, 0.6) is 0 Å².